The lowest BCUT2D eigenvalue weighted by molar-refractivity contribution is -0.140. The van der Waals surface area contributed by atoms with Gasteiger partial charge in [0.05, 0.1) is 12.2 Å². The summed E-state index contributed by atoms with van der Waals surface area (Å²) in [6.45, 7) is 0.717. The molecule has 20 heavy (non-hydrogen) atoms. The fourth-order valence-electron chi connectivity index (χ4n) is 2.42. The molecule has 1 unspecified atom stereocenters. The number of rotatable bonds is 3. The molecule has 1 amide bonds. The minimum Gasteiger partial charge on any atom is -0.395 e. The number of carbonyl (C=O) groups is 1. The highest BCUT2D eigenvalue weighted by Crippen LogP contribution is 2.36. The predicted octanol–water partition coefficient (Wildman–Crippen LogP) is 1.17. The Morgan fingerprint density at radius 2 is 2.05 bits per heavy atom. The molecule has 1 saturated heterocycles. The molecule has 1 atom stereocenters. The van der Waals surface area contributed by atoms with Crippen LogP contribution in [0.25, 0.3) is 0 Å². The van der Waals surface area contributed by atoms with Crippen LogP contribution in [0.15, 0.2) is 24.3 Å². The number of nitrogens with one attached hydrogen (secondary N) is 1. The maximum atomic E-state index is 13.0. The first kappa shape index (κ1) is 14.8. The molecule has 4 nitrogen and oxygen atoms in total. The SMILES string of the molecule is O=C1NCCN(CCO)C1c1ccccc1C(F)(F)F. The molecule has 1 aromatic carbocycles. The van der Waals surface area contributed by atoms with E-state index in [0.29, 0.717) is 13.1 Å². The standard InChI is InChI=1S/C13H15F3N2O2/c14-13(15,16)10-4-2-1-3-9(10)11-12(20)17-5-6-18(11)7-8-19/h1-4,11,19H,5-8H2,(H,17,20). The van der Waals surface area contributed by atoms with Gasteiger partial charge in [0.1, 0.15) is 6.04 Å². The third-order valence-electron chi connectivity index (χ3n) is 3.26. The number of β-amino-alcohol motifs (C(OH)–C–C–N with tert-alkyl or cyclic N) is 1. The van der Waals surface area contributed by atoms with Crippen molar-refractivity contribution in [2.45, 2.75) is 12.2 Å². The summed E-state index contributed by atoms with van der Waals surface area (Å²) in [7, 11) is 0. The lowest BCUT2D eigenvalue weighted by Crippen LogP contribution is -2.51. The number of aliphatic hydroxyl groups is 1. The maximum Gasteiger partial charge on any atom is 0.416 e. The summed E-state index contributed by atoms with van der Waals surface area (Å²) < 4.78 is 39.1. The Morgan fingerprint density at radius 1 is 1.35 bits per heavy atom. The molecule has 7 heteroatoms. The van der Waals surface area contributed by atoms with Crippen LogP contribution in [0.5, 0.6) is 0 Å². The van der Waals surface area contributed by atoms with Crippen molar-refractivity contribution in [1.82, 2.24) is 10.2 Å². The van der Waals surface area contributed by atoms with Crippen LogP contribution in [-0.2, 0) is 11.0 Å². The molecular formula is C13H15F3N2O2. The zero-order valence-electron chi connectivity index (χ0n) is 10.7. The Morgan fingerprint density at radius 3 is 2.70 bits per heavy atom. The van der Waals surface area contributed by atoms with Crippen LogP contribution in [0, 0.1) is 0 Å². The summed E-state index contributed by atoms with van der Waals surface area (Å²) in [5.41, 5.74) is -0.893. The Balaban J connectivity index is 2.44. The summed E-state index contributed by atoms with van der Waals surface area (Å²) in [6, 6.07) is 4.03. The van der Waals surface area contributed by atoms with Crippen molar-refractivity contribution in [2.24, 2.45) is 0 Å². The minimum absolute atomic E-state index is 0.0781. The topological polar surface area (TPSA) is 52.6 Å². The van der Waals surface area contributed by atoms with Crippen molar-refractivity contribution in [1.29, 1.82) is 0 Å². The number of amides is 1. The molecule has 0 aromatic heterocycles. The molecule has 0 spiro atoms. The first-order valence-electron chi connectivity index (χ1n) is 6.24. The van der Waals surface area contributed by atoms with Gasteiger partial charge < -0.3 is 10.4 Å². The van der Waals surface area contributed by atoms with E-state index in [-0.39, 0.29) is 18.7 Å². The molecule has 1 aliphatic rings. The molecule has 0 saturated carbocycles. The van der Waals surface area contributed by atoms with Crippen molar-refractivity contribution in [3.8, 4) is 0 Å². The average molecular weight is 288 g/mol. The number of nitrogens with zero attached hydrogens (tertiary/aromatic N) is 1. The van der Waals surface area contributed by atoms with Gasteiger partial charge in [0.15, 0.2) is 0 Å². The Hall–Kier alpha value is -1.60. The minimum atomic E-state index is -4.51. The van der Waals surface area contributed by atoms with Crippen LogP contribution in [0.4, 0.5) is 13.2 Å². The molecule has 0 bridgehead atoms. The number of aliphatic hydroxyl groups excluding tert-OH is 1. The van der Waals surface area contributed by atoms with Gasteiger partial charge in [0, 0.05) is 19.6 Å². The molecule has 0 radical (unpaired) electrons. The van der Waals surface area contributed by atoms with Gasteiger partial charge >= 0.3 is 6.18 Å². The summed E-state index contributed by atoms with van der Waals surface area (Å²) >= 11 is 0. The highest BCUT2D eigenvalue weighted by atomic mass is 19.4. The Kier molecular flexibility index (Phi) is 4.29. The van der Waals surface area contributed by atoms with Crippen molar-refractivity contribution in [2.75, 3.05) is 26.2 Å². The molecule has 2 N–H and O–H groups in total. The number of benzene rings is 1. The summed E-state index contributed by atoms with van der Waals surface area (Å²) in [5.74, 6) is -0.471. The molecule has 1 heterocycles. The Labute approximate surface area is 114 Å². The molecular weight excluding hydrogens is 273 g/mol. The first-order chi connectivity index (χ1) is 9.45. The van der Waals surface area contributed by atoms with Crippen LogP contribution in [0.3, 0.4) is 0 Å². The third kappa shape index (κ3) is 2.94. The number of piperazine rings is 1. The number of hydrogen-bond donors (Lipinski definition) is 2. The summed E-state index contributed by atoms with van der Waals surface area (Å²) in [6.07, 6.45) is -4.51. The third-order valence-corrected chi connectivity index (χ3v) is 3.26. The van der Waals surface area contributed by atoms with E-state index in [9.17, 15) is 18.0 Å². The van der Waals surface area contributed by atoms with Gasteiger partial charge in [-0.2, -0.15) is 13.2 Å². The second kappa shape index (κ2) is 5.80. The van der Waals surface area contributed by atoms with Gasteiger partial charge in [-0.15, -0.1) is 0 Å². The average Bonchev–Trinajstić information content (AvgIpc) is 2.38. The van der Waals surface area contributed by atoms with E-state index in [4.69, 9.17) is 5.11 Å². The Bertz CT molecular complexity index is 489. The van der Waals surface area contributed by atoms with Crippen LogP contribution in [0.2, 0.25) is 0 Å². The molecule has 2 rings (SSSR count). The van der Waals surface area contributed by atoms with Crippen LogP contribution < -0.4 is 5.32 Å². The van der Waals surface area contributed by atoms with Crippen molar-refractivity contribution in [3.05, 3.63) is 35.4 Å². The lowest BCUT2D eigenvalue weighted by Gasteiger charge is -2.35. The van der Waals surface area contributed by atoms with Gasteiger partial charge in [-0.1, -0.05) is 18.2 Å². The second-order valence-electron chi connectivity index (χ2n) is 4.54. The largest absolute Gasteiger partial charge is 0.416 e. The highest BCUT2D eigenvalue weighted by molar-refractivity contribution is 5.84. The number of carbonyl (C=O) groups excluding carboxylic acids is 1. The van der Waals surface area contributed by atoms with Gasteiger partial charge in [-0.05, 0) is 11.6 Å². The molecule has 1 aliphatic heterocycles. The highest BCUT2D eigenvalue weighted by Gasteiger charge is 2.39. The maximum absolute atomic E-state index is 13.0. The lowest BCUT2D eigenvalue weighted by atomic mass is 9.96. The van der Waals surface area contributed by atoms with Crippen LogP contribution in [-0.4, -0.2) is 42.2 Å². The number of halogens is 3. The van der Waals surface area contributed by atoms with Crippen molar-refractivity contribution in [3.63, 3.8) is 0 Å². The second-order valence-corrected chi connectivity index (χ2v) is 4.54. The molecule has 1 fully saturated rings. The van der Waals surface area contributed by atoms with Gasteiger partial charge in [0.25, 0.3) is 0 Å². The van der Waals surface area contributed by atoms with Crippen LogP contribution >= 0.6 is 0 Å². The first-order valence-corrected chi connectivity index (χ1v) is 6.24. The summed E-state index contributed by atoms with van der Waals surface area (Å²) in [5, 5.41) is 11.6. The van der Waals surface area contributed by atoms with E-state index in [1.165, 1.54) is 18.2 Å². The van der Waals surface area contributed by atoms with Gasteiger partial charge in [0.2, 0.25) is 5.91 Å². The van der Waals surface area contributed by atoms with Crippen LogP contribution in [0.1, 0.15) is 17.2 Å². The number of alkyl halides is 3. The van der Waals surface area contributed by atoms with Gasteiger partial charge in [-0.3, -0.25) is 9.69 Å². The van der Waals surface area contributed by atoms with Gasteiger partial charge in [-0.25, -0.2) is 0 Å². The normalized spacial score (nSPS) is 20.8. The quantitative estimate of drug-likeness (QED) is 0.878. The van der Waals surface area contributed by atoms with E-state index >= 15 is 0 Å². The van der Waals surface area contributed by atoms with E-state index in [1.54, 1.807) is 4.90 Å². The summed E-state index contributed by atoms with van der Waals surface area (Å²) in [4.78, 5) is 13.5. The molecule has 110 valence electrons. The molecule has 1 aromatic rings. The van der Waals surface area contributed by atoms with Crippen molar-refractivity contribution >= 4 is 5.91 Å². The fourth-order valence-corrected chi connectivity index (χ4v) is 2.42. The van der Waals surface area contributed by atoms with E-state index in [0.717, 1.165) is 6.07 Å². The van der Waals surface area contributed by atoms with E-state index in [2.05, 4.69) is 5.32 Å². The molecule has 0 aliphatic carbocycles. The smallest absolute Gasteiger partial charge is 0.395 e. The fraction of sp³-hybridized carbons (Fsp3) is 0.462. The zero-order valence-corrected chi connectivity index (χ0v) is 10.7. The predicted molar refractivity (Wildman–Crippen MR) is 65.9 cm³/mol. The number of hydrogen-bond acceptors (Lipinski definition) is 3. The van der Waals surface area contributed by atoms with E-state index < -0.39 is 23.7 Å². The van der Waals surface area contributed by atoms with E-state index in [1.807, 2.05) is 0 Å². The zero-order chi connectivity index (χ0) is 14.8. The monoisotopic (exact) mass is 288 g/mol. The van der Waals surface area contributed by atoms with Crippen molar-refractivity contribution < 1.29 is 23.1 Å².